The molecule has 0 radical (unpaired) electrons. The largest absolute Gasteiger partial charge is 0.475 e. The van der Waals surface area contributed by atoms with Gasteiger partial charge in [0.25, 0.3) is 0 Å². The molecule has 1 aliphatic heterocycles. The molecule has 7 heteroatoms. The predicted molar refractivity (Wildman–Crippen MR) is 55.4 cm³/mol. The van der Waals surface area contributed by atoms with E-state index in [4.69, 9.17) is 27.9 Å². The molecule has 0 saturated heterocycles. The smallest absolute Gasteiger partial charge is 0.427 e. The molecule has 0 saturated carbocycles. The van der Waals surface area contributed by atoms with Gasteiger partial charge in [-0.15, -0.1) is 0 Å². The second-order valence-corrected chi connectivity index (χ2v) is 4.14. The minimum absolute atomic E-state index is 0.0142. The average Bonchev–Trinajstić information content (AvgIpc) is 2.15. The number of nitrogens with one attached hydrogen (secondary N) is 1. The van der Waals surface area contributed by atoms with E-state index in [9.17, 15) is 13.2 Å². The van der Waals surface area contributed by atoms with Gasteiger partial charge in [-0.1, -0.05) is 23.2 Å². The maximum atomic E-state index is 12.4. The molecule has 1 heterocycles. The second kappa shape index (κ2) is 3.89. The molecule has 1 aliphatic rings. The van der Waals surface area contributed by atoms with E-state index in [2.05, 4.69) is 5.32 Å². The van der Waals surface area contributed by atoms with E-state index in [0.29, 0.717) is 10.7 Å². The molecule has 1 aromatic carbocycles. The van der Waals surface area contributed by atoms with Gasteiger partial charge in [-0.2, -0.15) is 13.2 Å². The summed E-state index contributed by atoms with van der Waals surface area (Å²) in [6.45, 7) is -0.354. The van der Waals surface area contributed by atoms with Crippen molar-refractivity contribution in [2.24, 2.45) is 0 Å². The first kappa shape index (κ1) is 11.7. The highest BCUT2D eigenvalue weighted by atomic mass is 35.5. The van der Waals surface area contributed by atoms with Crippen LogP contribution in [-0.2, 0) is 0 Å². The van der Waals surface area contributed by atoms with Gasteiger partial charge in [0.05, 0.1) is 17.3 Å². The topological polar surface area (TPSA) is 21.3 Å². The van der Waals surface area contributed by atoms with Gasteiger partial charge in [-0.05, 0) is 12.1 Å². The van der Waals surface area contributed by atoms with Gasteiger partial charge in [0.2, 0.25) is 6.10 Å². The quantitative estimate of drug-likeness (QED) is 0.777. The zero-order chi connectivity index (χ0) is 11.9. The minimum Gasteiger partial charge on any atom is -0.475 e. The number of hydrogen-bond donors (Lipinski definition) is 1. The third-order valence-electron chi connectivity index (χ3n) is 2.11. The van der Waals surface area contributed by atoms with Crippen molar-refractivity contribution in [1.29, 1.82) is 0 Å². The Morgan fingerprint density at radius 3 is 2.62 bits per heavy atom. The Morgan fingerprint density at radius 2 is 2.00 bits per heavy atom. The summed E-state index contributed by atoms with van der Waals surface area (Å²) in [7, 11) is 0. The standard InChI is InChI=1S/C9H6Cl2F3NO/c10-4-1-5(11)8-6(2-4)15-3-7(16-8)9(12,13)14/h1-2,7,15H,3H2. The predicted octanol–water partition coefficient (Wildman–Crippen LogP) is 3.73. The highest BCUT2D eigenvalue weighted by molar-refractivity contribution is 6.36. The fourth-order valence-corrected chi connectivity index (χ4v) is 1.92. The lowest BCUT2D eigenvalue weighted by Crippen LogP contribution is -2.42. The van der Waals surface area contributed by atoms with E-state index in [-0.39, 0.29) is 17.3 Å². The third kappa shape index (κ3) is 2.15. The number of fused-ring (bicyclic) bond motifs is 1. The summed E-state index contributed by atoms with van der Waals surface area (Å²) < 4.78 is 42.0. The lowest BCUT2D eigenvalue weighted by Gasteiger charge is -2.29. The van der Waals surface area contributed by atoms with E-state index in [0.717, 1.165) is 0 Å². The molecule has 1 N–H and O–H groups in total. The molecule has 1 unspecified atom stereocenters. The zero-order valence-corrected chi connectivity index (χ0v) is 9.25. The highest BCUT2D eigenvalue weighted by Crippen LogP contribution is 2.41. The van der Waals surface area contributed by atoms with E-state index in [1.165, 1.54) is 12.1 Å². The fourth-order valence-electron chi connectivity index (χ4n) is 1.38. The molecule has 0 amide bonds. The van der Waals surface area contributed by atoms with Crippen LogP contribution in [0.1, 0.15) is 0 Å². The minimum atomic E-state index is -4.42. The van der Waals surface area contributed by atoms with Gasteiger partial charge in [-0.3, -0.25) is 0 Å². The van der Waals surface area contributed by atoms with Crippen LogP contribution < -0.4 is 10.1 Å². The summed E-state index contributed by atoms with van der Waals surface area (Å²) in [5.74, 6) is -0.0142. The van der Waals surface area contributed by atoms with Crippen molar-refractivity contribution in [1.82, 2.24) is 0 Å². The molecule has 0 spiro atoms. The van der Waals surface area contributed by atoms with Crippen LogP contribution in [0.2, 0.25) is 10.0 Å². The van der Waals surface area contributed by atoms with Crippen molar-refractivity contribution < 1.29 is 17.9 Å². The summed E-state index contributed by atoms with van der Waals surface area (Å²) >= 11 is 11.5. The molecule has 88 valence electrons. The van der Waals surface area contributed by atoms with Gasteiger partial charge >= 0.3 is 6.18 Å². The van der Waals surface area contributed by atoms with Crippen molar-refractivity contribution in [3.8, 4) is 5.75 Å². The monoisotopic (exact) mass is 271 g/mol. The highest BCUT2D eigenvalue weighted by Gasteiger charge is 2.44. The van der Waals surface area contributed by atoms with Crippen LogP contribution in [0.5, 0.6) is 5.75 Å². The summed E-state index contributed by atoms with van der Waals surface area (Å²) in [6.07, 6.45) is -6.31. The number of ether oxygens (including phenoxy) is 1. The van der Waals surface area contributed by atoms with Crippen LogP contribution >= 0.6 is 23.2 Å². The molecule has 0 aliphatic carbocycles. The normalized spacial score (nSPS) is 19.7. The molecule has 0 bridgehead atoms. The van der Waals surface area contributed by atoms with E-state index in [1.807, 2.05) is 0 Å². The maximum Gasteiger partial charge on any atom is 0.427 e. The number of hydrogen-bond acceptors (Lipinski definition) is 2. The SMILES string of the molecule is FC(F)(F)C1CNc2cc(Cl)cc(Cl)c2O1. The Kier molecular flexibility index (Phi) is 2.84. The molecule has 16 heavy (non-hydrogen) atoms. The van der Waals surface area contributed by atoms with Crippen molar-refractivity contribution in [3.05, 3.63) is 22.2 Å². The summed E-state index contributed by atoms with van der Waals surface area (Å²) in [5, 5.41) is 2.98. The Morgan fingerprint density at radius 1 is 1.31 bits per heavy atom. The molecule has 0 fully saturated rings. The lowest BCUT2D eigenvalue weighted by atomic mass is 10.2. The van der Waals surface area contributed by atoms with E-state index < -0.39 is 12.3 Å². The summed E-state index contributed by atoms with van der Waals surface area (Å²) in [6, 6.07) is 2.80. The average molecular weight is 272 g/mol. The van der Waals surface area contributed by atoms with Crippen LogP contribution in [0.25, 0.3) is 0 Å². The molecule has 1 atom stereocenters. The van der Waals surface area contributed by atoms with Crippen LogP contribution in [-0.4, -0.2) is 18.8 Å². The Balaban J connectivity index is 2.34. The summed E-state index contributed by atoms with van der Waals surface area (Å²) in [5.41, 5.74) is 0.373. The van der Waals surface area contributed by atoms with Gasteiger partial charge in [0, 0.05) is 5.02 Å². The van der Waals surface area contributed by atoms with Crippen LogP contribution in [0.15, 0.2) is 12.1 Å². The molecular formula is C9H6Cl2F3NO. The van der Waals surface area contributed by atoms with Gasteiger partial charge in [0.15, 0.2) is 5.75 Å². The van der Waals surface area contributed by atoms with Crippen LogP contribution in [0, 0.1) is 0 Å². The van der Waals surface area contributed by atoms with Gasteiger partial charge in [0.1, 0.15) is 0 Å². The fraction of sp³-hybridized carbons (Fsp3) is 0.333. The number of anilines is 1. The Labute approximate surface area is 99.3 Å². The van der Waals surface area contributed by atoms with Crippen LogP contribution in [0.4, 0.5) is 18.9 Å². The Bertz CT molecular complexity index is 422. The second-order valence-electron chi connectivity index (χ2n) is 3.29. The van der Waals surface area contributed by atoms with E-state index >= 15 is 0 Å². The van der Waals surface area contributed by atoms with Crippen molar-refractivity contribution in [2.45, 2.75) is 12.3 Å². The summed E-state index contributed by atoms with van der Waals surface area (Å²) in [4.78, 5) is 0. The Hall–Kier alpha value is -0.810. The van der Waals surface area contributed by atoms with Crippen molar-refractivity contribution >= 4 is 28.9 Å². The zero-order valence-electron chi connectivity index (χ0n) is 7.74. The van der Waals surface area contributed by atoms with Crippen LogP contribution in [0.3, 0.4) is 0 Å². The first-order chi connectivity index (χ1) is 7.38. The number of halogens is 5. The first-order valence-corrected chi connectivity index (χ1v) is 5.10. The lowest BCUT2D eigenvalue weighted by molar-refractivity contribution is -0.191. The maximum absolute atomic E-state index is 12.4. The van der Waals surface area contributed by atoms with Crippen molar-refractivity contribution in [2.75, 3.05) is 11.9 Å². The number of alkyl halides is 3. The number of rotatable bonds is 0. The molecule has 2 nitrogen and oxygen atoms in total. The van der Waals surface area contributed by atoms with Gasteiger partial charge in [-0.25, -0.2) is 0 Å². The van der Waals surface area contributed by atoms with Gasteiger partial charge < -0.3 is 10.1 Å². The molecule has 1 aromatic rings. The number of benzene rings is 1. The molecular weight excluding hydrogens is 266 g/mol. The first-order valence-electron chi connectivity index (χ1n) is 4.34. The third-order valence-corrected chi connectivity index (χ3v) is 2.61. The molecule has 0 aromatic heterocycles. The van der Waals surface area contributed by atoms with E-state index in [1.54, 1.807) is 0 Å². The molecule has 2 rings (SSSR count). The van der Waals surface area contributed by atoms with Crippen molar-refractivity contribution in [3.63, 3.8) is 0 Å².